The van der Waals surface area contributed by atoms with E-state index in [1.165, 1.54) is 5.56 Å². The SMILES string of the molecule is CNC(=O)c1ccc(NCc2ccsc2)nn1. The fraction of sp³-hybridized carbons (Fsp3) is 0.182. The van der Waals surface area contributed by atoms with Crippen molar-refractivity contribution in [1.29, 1.82) is 0 Å². The summed E-state index contributed by atoms with van der Waals surface area (Å²) in [6.45, 7) is 0.706. The van der Waals surface area contributed by atoms with E-state index in [4.69, 9.17) is 0 Å². The molecule has 0 aliphatic carbocycles. The molecule has 0 aromatic carbocycles. The number of aromatic nitrogens is 2. The number of rotatable bonds is 4. The van der Waals surface area contributed by atoms with Gasteiger partial charge in [-0.3, -0.25) is 4.79 Å². The summed E-state index contributed by atoms with van der Waals surface area (Å²) >= 11 is 1.66. The zero-order valence-corrected chi connectivity index (χ0v) is 10.1. The van der Waals surface area contributed by atoms with Crippen molar-refractivity contribution in [2.75, 3.05) is 12.4 Å². The maximum Gasteiger partial charge on any atom is 0.271 e. The van der Waals surface area contributed by atoms with Crippen molar-refractivity contribution in [2.24, 2.45) is 0 Å². The molecule has 0 aliphatic heterocycles. The van der Waals surface area contributed by atoms with Crippen molar-refractivity contribution in [3.8, 4) is 0 Å². The molecule has 0 atom stereocenters. The fourth-order valence-corrected chi connectivity index (χ4v) is 1.93. The van der Waals surface area contributed by atoms with Crippen LogP contribution in [0.4, 0.5) is 5.82 Å². The molecule has 2 heterocycles. The van der Waals surface area contributed by atoms with Crippen molar-refractivity contribution in [3.05, 3.63) is 40.2 Å². The van der Waals surface area contributed by atoms with Crippen LogP contribution < -0.4 is 10.6 Å². The van der Waals surface area contributed by atoms with Crippen molar-refractivity contribution in [2.45, 2.75) is 6.54 Å². The number of thiophene rings is 1. The van der Waals surface area contributed by atoms with Crippen LogP contribution in [0.2, 0.25) is 0 Å². The predicted molar refractivity (Wildman–Crippen MR) is 67.1 cm³/mol. The summed E-state index contributed by atoms with van der Waals surface area (Å²) in [6.07, 6.45) is 0. The van der Waals surface area contributed by atoms with E-state index in [2.05, 4.69) is 26.2 Å². The van der Waals surface area contributed by atoms with Gasteiger partial charge in [0.2, 0.25) is 0 Å². The molecule has 2 aromatic heterocycles. The number of hydrogen-bond donors (Lipinski definition) is 2. The van der Waals surface area contributed by atoms with Gasteiger partial charge in [-0.1, -0.05) is 0 Å². The van der Waals surface area contributed by atoms with Crippen molar-refractivity contribution < 1.29 is 4.79 Å². The summed E-state index contributed by atoms with van der Waals surface area (Å²) in [7, 11) is 1.56. The quantitative estimate of drug-likeness (QED) is 0.860. The van der Waals surface area contributed by atoms with E-state index >= 15 is 0 Å². The van der Waals surface area contributed by atoms with E-state index in [1.807, 2.05) is 11.4 Å². The third-order valence-electron chi connectivity index (χ3n) is 2.18. The summed E-state index contributed by atoms with van der Waals surface area (Å²) in [6, 6.07) is 5.43. The normalized spacial score (nSPS) is 9.94. The first-order valence-corrected chi connectivity index (χ1v) is 6.04. The highest BCUT2D eigenvalue weighted by Crippen LogP contribution is 2.09. The van der Waals surface area contributed by atoms with Crippen LogP contribution in [0.15, 0.2) is 29.0 Å². The molecule has 1 amide bonds. The second-order valence-electron chi connectivity index (χ2n) is 3.37. The summed E-state index contributed by atoms with van der Waals surface area (Å²) in [5, 5.41) is 17.5. The smallest absolute Gasteiger partial charge is 0.271 e. The predicted octanol–water partition coefficient (Wildman–Crippen LogP) is 1.51. The second kappa shape index (κ2) is 5.40. The van der Waals surface area contributed by atoms with Crippen LogP contribution in [-0.2, 0) is 6.54 Å². The number of nitrogens with zero attached hydrogens (tertiary/aromatic N) is 2. The minimum atomic E-state index is -0.234. The number of hydrogen-bond acceptors (Lipinski definition) is 5. The Balaban J connectivity index is 1.96. The van der Waals surface area contributed by atoms with E-state index in [0.717, 1.165) is 0 Å². The Bertz CT molecular complexity index is 481. The van der Waals surface area contributed by atoms with Crippen LogP contribution in [0, 0.1) is 0 Å². The topological polar surface area (TPSA) is 66.9 Å². The molecule has 2 rings (SSSR count). The zero-order chi connectivity index (χ0) is 12.1. The van der Waals surface area contributed by atoms with Crippen LogP contribution in [0.25, 0.3) is 0 Å². The highest BCUT2D eigenvalue weighted by Gasteiger charge is 2.05. The first-order chi connectivity index (χ1) is 8.29. The molecule has 88 valence electrons. The van der Waals surface area contributed by atoms with Gasteiger partial charge >= 0.3 is 0 Å². The molecule has 0 bridgehead atoms. The first-order valence-electron chi connectivity index (χ1n) is 5.10. The molecule has 2 N–H and O–H groups in total. The molecule has 0 radical (unpaired) electrons. The van der Waals surface area contributed by atoms with Crippen molar-refractivity contribution in [1.82, 2.24) is 15.5 Å². The minimum Gasteiger partial charge on any atom is -0.364 e. The fourth-order valence-electron chi connectivity index (χ4n) is 1.26. The lowest BCUT2D eigenvalue weighted by molar-refractivity contribution is 0.0957. The Morgan fingerprint density at radius 3 is 2.82 bits per heavy atom. The van der Waals surface area contributed by atoms with Gasteiger partial charge in [-0.25, -0.2) is 0 Å². The highest BCUT2D eigenvalue weighted by molar-refractivity contribution is 7.07. The summed E-state index contributed by atoms with van der Waals surface area (Å²) in [4.78, 5) is 11.2. The average Bonchev–Trinajstić information content (AvgIpc) is 2.89. The number of carbonyl (C=O) groups is 1. The lowest BCUT2D eigenvalue weighted by Gasteiger charge is -2.03. The molecule has 6 heteroatoms. The Hall–Kier alpha value is -1.95. The standard InChI is InChI=1S/C11H12N4OS/c1-12-11(16)9-2-3-10(15-14-9)13-6-8-4-5-17-7-8/h2-5,7H,6H2,1H3,(H,12,16)(H,13,15). The van der Waals surface area contributed by atoms with Crippen molar-refractivity contribution in [3.63, 3.8) is 0 Å². The highest BCUT2D eigenvalue weighted by atomic mass is 32.1. The number of nitrogens with one attached hydrogen (secondary N) is 2. The van der Waals surface area contributed by atoms with Gasteiger partial charge in [-0.2, -0.15) is 11.3 Å². The zero-order valence-electron chi connectivity index (χ0n) is 9.30. The van der Waals surface area contributed by atoms with Gasteiger partial charge in [0, 0.05) is 13.6 Å². The van der Waals surface area contributed by atoms with Crippen LogP contribution in [0.3, 0.4) is 0 Å². The van der Waals surface area contributed by atoms with E-state index in [-0.39, 0.29) is 5.91 Å². The van der Waals surface area contributed by atoms with Crippen LogP contribution in [0.5, 0.6) is 0 Å². The van der Waals surface area contributed by atoms with Gasteiger partial charge in [0.1, 0.15) is 5.82 Å². The van der Waals surface area contributed by atoms with Gasteiger partial charge in [-0.15, -0.1) is 10.2 Å². The van der Waals surface area contributed by atoms with Gasteiger partial charge in [-0.05, 0) is 34.5 Å². The van der Waals surface area contributed by atoms with Gasteiger partial charge in [0.05, 0.1) is 0 Å². The summed E-state index contributed by atoms with van der Waals surface area (Å²) in [5.41, 5.74) is 1.51. The molecule has 17 heavy (non-hydrogen) atoms. The lowest BCUT2D eigenvalue weighted by Crippen LogP contribution is -2.19. The molecule has 2 aromatic rings. The Morgan fingerprint density at radius 2 is 2.24 bits per heavy atom. The molecule has 0 saturated heterocycles. The molecule has 0 spiro atoms. The van der Waals surface area contributed by atoms with Crippen LogP contribution in [-0.4, -0.2) is 23.2 Å². The van der Waals surface area contributed by atoms with Gasteiger partial charge in [0.15, 0.2) is 5.69 Å². The van der Waals surface area contributed by atoms with E-state index < -0.39 is 0 Å². The lowest BCUT2D eigenvalue weighted by atomic mass is 10.3. The molecule has 0 saturated carbocycles. The monoisotopic (exact) mass is 248 g/mol. The molecule has 0 unspecified atom stereocenters. The first kappa shape index (κ1) is 11.5. The van der Waals surface area contributed by atoms with E-state index in [0.29, 0.717) is 18.1 Å². The minimum absolute atomic E-state index is 0.234. The number of carbonyl (C=O) groups excluding carboxylic acids is 1. The van der Waals surface area contributed by atoms with Crippen LogP contribution in [0.1, 0.15) is 16.1 Å². The van der Waals surface area contributed by atoms with E-state index in [1.54, 1.807) is 30.5 Å². The maximum atomic E-state index is 11.2. The van der Waals surface area contributed by atoms with Gasteiger partial charge < -0.3 is 10.6 Å². The number of amides is 1. The van der Waals surface area contributed by atoms with Crippen LogP contribution >= 0.6 is 11.3 Å². The van der Waals surface area contributed by atoms with Gasteiger partial charge in [0.25, 0.3) is 5.91 Å². The Labute approximate surface area is 103 Å². The second-order valence-corrected chi connectivity index (χ2v) is 4.15. The largest absolute Gasteiger partial charge is 0.364 e. The third kappa shape index (κ3) is 3.01. The summed E-state index contributed by atoms with van der Waals surface area (Å²) in [5.74, 6) is 0.422. The van der Waals surface area contributed by atoms with E-state index in [9.17, 15) is 4.79 Å². The average molecular weight is 248 g/mol. The molecule has 0 aliphatic rings. The molecular formula is C11H12N4OS. The number of anilines is 1. The molecular weight excluding hydrogens is 236 g/mol. The Morgan fingerprint density at radius 1 is 1.35 bits per heavy atom. The molecule has 0 fully saturated rings. The molecule has 5 nitrogen and oxygen atoms in total. The summed E-state index contributed by atoms with van der Waals surface area (Å²) < 4.78 is 0. The van der Waals surface area contributed by atoms with Crippen molar-refractivity contribution >= 4 is 23.1 Å². The Kier molecular flexibility index (Phi) is 3.66. The third-order valence-corrected chi connectivity index (χ3v) is 2.91. The maximum absolute atomic E-state index is 11.2.